The van der Waals surface area contributed by atoms with E-state index in [1.54, 1.807) is 0 Å². The highest BCUT2D eigenvalue weighted by Crippen LogP contribution is 2.13. The zero-order chi connectivity index (χ0) is 9.10. The van der Waals surface area contributed by atoms with Crippen LogP contribution in [0.2, 0.25) is 0 Å². The van der Waals surface area contributed by atoms with Gasteiger partial charge in [0.15, 0.2) is 0 Å². The number of aromatic nitrogens is 1. The Morgan fingerprint density at radius 1 is 1.46 bits per heavy atom. The van der Waals surface area contributed by atoms with Gasteiger partial charge in [0.05, 0.1) is 6.20 Å². The highest BCUT2D eigenvalue weighted by atomic mass is 15.1. The highest BCUT2D eigenvalue weighted by Gasteiger charge is 2.12. The molecule has 0 atom stereocenters. The van der Waals surface area contributed by atoms with Crippen LogP contribution in [-0.4, -0.2) is 23.0 Å². The van der Waals surface area contributed by atoms with Gasteiger partial charge >= 0.3 is 0 Å². The first kappa shape index (κ1) is 8.70. The average molecular weight is 175 g/mol. The second kappa shape index (κ2) is 3.88. The SMILES string of the molecule is Cc1[c]nccc1CN1CCCC1. The van der Waals surface area contributed by atoms with Crippen LogP contribution in [0.4, 0.5) is 0 Å². The normalized spacial score (nSPS) is 17.9. The van der Waals surface area contributed by atoms with Crippen molar-refractivity contribution in [1.82, 2.24) is 9.88 Å². The van der Waals surface area contributed by atoms with Gasteiger partial charge in [-0.3, -0.25) is 9.88 Å². The summed E-state index contributed by atoms with van der Waals surface area (Å²) in [4.78, 5) is 6.47. The van der Waals surface area contributed by atoms with Crippen molar-refractivity contribution >= 4 is 0 Å². The van der Waals surface area contributed by atoms with Gasteiger partial charge in [0.25, 0.3) is 0 Å². The highest BCUT2D eigenvalue weighted by molar-refractivity contribution is 5.20. The van der Waals surface area contributed by atoms with E-state index in [1.807, 2.05) is 6.20 Å². The minimum absolute atomic E-state index is 1.07. The second-order valence-electron chi connectivity index (χ2n) is 3.69. The van der Waals surface area contributed by atoms with E-state index in [0.29, 0.717) is 0 Å². The Kier molecular flexibility index (Phi) is 2.60. The van der Waals surface area contributed by atoms with Crippen LogP contribution in [0.3, 0.4) is 0 Å². The fourth-order valence-electron chi connectivity index (χ4n) is 1.81. The lowest BCUT2D eigenvalue weighted by atomic mass is 10.1. The average Bonchev–Trinajstić information content (AvgIpc) is 2.61. The molecular formula is C11H15N2. The van der Waals surface area contributed by atoms with E-state index in [4.69, 9.17) is 0 Å². The molecule has 0 aromatic carbocycles. The lowest BCUT2D eigenvalue weighted by Crippen LogP contribution is -2.18. The van der Waals surface area contributed by atoms with E-state index in [9.17, 15) is 0 Å². The van der Waals surface area contributed by atoms with Crippen LogP contribution in [0.1, 0.15) is 24.0 Å². The van der Waals surface area contributed by atoms with Crippen molar-refractivity contribution in [1.29, 1.82) is 0 Å². The van der Waals surface area contributed by atoms with Crippen molar-refractivity contribution < 1.29 is 0 Å². The first-order chi connectivity index (χ1) is 6.36. The Labute approximate surface area is 79.6 Å². The van der Waals surface area contributed by atoms with E-state index in [1.165, 1.54) is 37.1 Å². The first-order valence-corrected chi connectivity index (χ1v) is 4.91. The van der Waals surface area contributed by atoms with Crippen molar-refractivity contribution in [2.24, 2.45) is 0 Å². The predicted molar refractivity (Wildman–Crippen MR) is 52.3 cm³/mol. The number of pyridine rings is 1. The maximum absolute atomic E-state index is 3.98. The summed E-state index contributed by atoms with van der Waals surface area (Å²) in [5, 5.41) is 0. The molecule has 1 fully saturated rings. The van der Waals surface area contributed by atoms with Crippen LogP contribution in [0.5, 0.6) is 0 Å². The molecular weight excluding hydrogens is 160 g/mol. The van der Waals surface area contributed by atoms with Gasteiger partial charge in [-0.05, 0) is 50.0 Å². The summed E-state index contributed by atoms with van der Waals surface area (Å²) < 4.78 is 0. The molecule has 2 heterocycles. The third-order valence-electron chi connectivity index (χ3n) is 2.66. The van der Waals surface area contributed by atoms with Gasteiger partial charge in [-0.2, -0.15) is 0 Å². The number of rotatable bonds is 2. The van der Waals surface area contributed by atoms with Gasteiger partial charge in [-0.1, -0.05) is 0 Å². The van der Waals surface area contributed by atoms with Crippen molar-refractivity contribution in [2.75, 3.05) is 13.1 Å². The van der Waals surface area contributed by atoms with Gasteiger partial charge < -0.3 is 0 Å². The predicted octanol–water partition coefficient (Wildman–Crippen LogP) is 1.79. The maximum Gasteiger partial charge on any atom is 0.0921 e. The maximum atomic E-state index is 3.98. The summed E-state index contributed by atoms with van der Waals surface area (Å²) in [5.74, 6) is 0. The fourth-order valence-corrected chi connectivity index (χ4v) is 1.81. The van der Waals surface area contributed by atoms with E-state index in [2.05, 4.69) is 29.1 Å². The van der Waals surface area contributed by atoms with Crippen LogP contribution in [-0.2, 0) is 6.54 Å². The number of nitrogens with zero attached hydrogens (tertiary/aromatic N) is 2. The lowest BCUT2D eigenvalue weighted by Gasteiger charge is -2.15. The topological polar surface area (TPSA) is 16.1 Å². The molecule has 1 aliphatic rings. The van der Waals surface area contributed by atoms with E-state index in [0.717, 1.165) is 6.54 Å². The van der Waals surface area contributed by atoms with Gasteiger partial charge in [0.2, 0.25) is 0 Å². The number of hydrogen-bond acceptors (Lipinski definition) is 2. The molecule has 0 bridgehead atoms. The number of hydrogen-bond donors (Lipinski definition) is 0. The van der Waals surface area contributed by atoms with Crippen molar-refractivity contribution in [2.45, 2.75) is 26.3 Å². The Morgan fingerprint density at radius 3 is 2.92 bits per heavy atom. The molecule has 0 N–H and O–H groups in total. The summed E-state index contributed by atoms with van der Waals surface area (Å²) in [7, 11) is 0. The number of likely N-dealkylation sites (tertiary alicyclic amines) is 1. The van der Waals surface area contributed by atoms with Gasteiger partial charge in [-0.25, -0.2) is 0 Å². The van der Waals surface area contributed by atoms with Gasteiger partial charge in [0, 0.05) is 12.7 Å². The van der Waals surface area contributed by atoms with Gasteiger partial charge in [0.1, 0.15) is 0 Å². The summed E-state index contributed by atoms with van der Waals surface area (Å²) in [5.41, 5.74) is 2.56. The van der Waals surface area contributed by atoms with Crippen LogP contribution in [0.15, 0.2) is 12.3 Å². The molecule has 1 saturated heterocycles. The lowest BCUT2D eigenvalue weighted by molar-refractivity contribution is 0.330. The van der Waals surface area contributed by atoms with Crippen LogP contribution in [0.25, 0.3) is 0 Å². The fraction of sp³-hybridized carbons (Fsp3) is 0.545. The molecule has 2 rings (SSSR count). The zero-order valence-corrected chi connectivity index (χ0v) is 8.08. The van der Waals surface area contributed by atoms with Crippen molar-refractivity contribution in [3.8, 4) is 0 Å². The Hall–Kier alpha value is -0.890. The summed E-state index contributed by atoms with van der Waals surface area (Å²) in [6.45, 7) is 5.66. The Morgan fingerprint density at radius 2 is 2.23 bits per heavy atom. The zero-order valence-electron chi connectivity index (χ0n) is 8.08. The van der Waals surface area contributed by atoms with Crippen molar-refractivity contribution in [3.63, 3.8) is 0 Å². The molecule has 69 valence electrons. The molecule has 13 heavy (non-hydrogen) atoms. The first-order valence-electron chi connectivity index (χ1n) is 4.91. The molecule has 0 saturated carbocycles. The summed E-state index contributed by atoms with van der Waals surface area (Å²) in [6, 6.07) is 2.10. The third kappa shape index (κ3) is 2.07. The van der Waals surface area contributed by atoms with E-state index < -0.39 is 0 Å². The molecule has 2 heteroatoms. The number of aryl methyl sites for hydroxylation is 1. The molecule has 1 radical (unpaired) electrons. The molecule has 0 amide bonds. The van der Waals surface area contributed by atoms with Crippen LogP contribution >= 0.6 is 0 Å². The van der Waals surface area contributed by atoms with Crippen LogP contribution < -0.4 is 0 Å². The molecule has 2 nitrogen and oxygen atoms in total. The molecule has 1 aromatic rings. The van der Waals surface area contributed by atoms with E-state index >= 15 is 0 Å². The minimum atomic E-state index is 1.07. The Balaban J connectivity index is 2.04. The Bertz CT molecular complexity index is 277. The van der Waals surface area contributed by atoms with Crippen LogP contribution in [0, 0.1) is 13.1 Å². The smallest absolute Gasteiger partial charge is 0.0921 e. The van der Waals surface area contributed by atoms with E-state index in [-0.39, 0.29) is 0 Å². The molecule has 0 aliphatic carbocycles. The van der Waals surface area contributed by atoms with Crippen molar-refractivity contribution in [3.05, 3.63) is 29.6 Å². The minimum Gasteiger partial charge on any atom is -0.299 e. The summed E-state index contributed by atoms with van der Waals surface area (Å²) in [6.07, 6.45) is 7.54. The second-order valence-corrected chi connectivity index (χ2v) is 3.69. The largest absolute Gasteiger partial charge is 0.299 e. The molecule has 0 spiro atoms. The standard InChI is InChI=1S/C11H15N2/c1-10-8-12-5-4-11(10)9-13-6-2-3-7-13/h4-5H,2-3,6-7,9H2,1H3. The molecule has 0 unspecified atom stereocenters. The quantitative estimate of drug-likeness (QED) is 0.681. The molecule has 1 aliphatic heterocycles. The van der Waals surface area contributed by atoms with Gasteiger partial charge in [-0.15, -0.1) is 0 Å². The summed E-state index contributed by atoms with van der Waals surface area (Å²) >= 11 is 0. The molecule has 1 aromatic heterocycles. The monoisotopic (exact) mass is 175 g/mol. The third-order valence-corrected chi connectivity index (χ3v) is 2.66.